The van der Waals surface area contributed by atoms with Gasteiger partial charge in [-0.05, 0) is 31.0 Å². The smallest absolute Gasteiger partial charge is 0.251 e. The molecule has 0 heterocycles. The zero-order valence-electron chi connectivity index (χ0n) is 13.6. The molecule has 0 radical (unpaired) electrons. The van der Waals surface area contributed by atoms with E-state index in [1.165, 1.54) is 0 Å². The van der Waals surface area contributed by atoms with Crippen LogP contribution in [0.1, 0.15) is 50.4 Å². The van der Waals surface area contributed by atoms with Crippen molar-refractivity contribution in [2.75, 3.05) is 12.3 Å². The number of rotatable bonds is 6. The predicted molar refractivity (Wildman–Crippen MR) is 92.4 cm³/mol. The first-order valence-electron chi connectivity index (χ1n) is 7.73. The number of carbonyl (C=O) groups is 1. The van der Waals surface area contributed by atoms with Gasteiger partial charge in [-0.25, -0.2) is 0 Å². The molecule has 2 rings (SSSR count). The third-order valence-electron chi connectivity index (χ3n) is 4.45. The monoisotopic (exact) mass is 326 g/mol. The van der Waals surface area contributed by atoms with Gasteiger partial charge in [-0.1, -0.05) is 33.3 Å². The lowest BCUT2D eigenvalue weighted by Gasteiger charge is -2.51. The van der Waals surface area contributed by atoms with E-state index in [2.05, 4.69) is 26.1 Å². The average Bonchev–Trinajstić information content (AvgIpc) is 2.45. The van der Waals surface area contributed by atoms with Gasteiger partial charge < -0.3 is 15.8 Å². The van der Waals surface area contributed by atoms with Gasteiger partial charge >= 0.3 is 0 Å². The molecule has 1 saturated carbocycles. The number of hydrogen-bond donors (Lipinski definition) is 2. The first-order chi connectivity index (χ1) is 9.95. The summed E-state index contributed by atoms with van der Waals surface area (Å²) in [6.07, 6.45) is 3.34. The summed E-state index contributed by atoms with van der Waals surface area (Å²) in [7, 11) is 0. The van der Waals surface area contributed by atoms with Crippen LogP contribution in [0.25, 0.3) is 0 Å². The van der Waals surface area contributed by atoms with Crippen molar-refractivity contribution in [3.63, 3.8) is 0 Å². The molecule has 124 valence electrons. The molecule has 0 aromatic heterocycles. The minimum absolute atomic E-state index is 0. The Kier molecular flexibility index (Phi) is 6.69. The Morgan fingerprint density at radius 2 is 2.18 bits per heavy atom. The third kappa shape index (κ3) is 4.14. The van der Waals surface area contributed by atoms with Crippen LogP contribution in [-0.2, 0) is 4.74 Å². The molecule has 22 heavy (non-hydrogen) atoms. The molecule has 1 aliphatic carbocycles. The zero-order valence-corrected chi connectivity index (χ0v) is 14.4. The van der Waals surface area contributed by atoms with Crippen molar-refractivity contribution >= 4 is 24.0 Å². The minimum atomic E-state index is -0.0626. The van der Waals surface area contributed by atoms with Gasteiger partial charge in [0.2, 0.25) is 0 Å². The number of nitrogen functional groups attached to an aromatic ring is 1. The van der Waals surface area contributed by atoms with Crippen LogP contribution in [0.3, 0.4) is 0 Å². The maximum atomic E-state index is 12.2. The van der Waals surface area contributed by atoms with Crippen molar-refractivity contribution in [3.8, 4) is 0 Å². The van der Waals surface area contributed by atoms with Gasteiger partial charge in [-0.3, -0.25) is 4.79 Å². The molecule has 3 N–H and O–H groups in total. The molecule has 0 bridgehead atoms. The molecule has 4 nitrogen and oxygen atoms in total. The Labute approximate surface area is 139 Å². The highest BCUT2D eigenvalue weighted by atomic mass is 35.5. The Morgan fingerprint density at radius 3 is 2.77 bits per heavy atom. The molecule has 2 unspecified atom stereocenters. The van der Waals surface area contributed by atoms with Crippen molar-refractivity contribution in [2.24, 2.45) is 5.41 Å². The van der Waals surface area contributed by atoms with Crippen molar-refractivity contribution in [3.05, 3.63) is 29.8 Å². The highest BCUT2D eigenvalue weighted by Gasteiger charge is 2.49. The van der Waals surface area contributed by atoms with E-state index in [0.717, 1.165) is 25.9 Å². The number of carbonyl (C=O) groups excluding carboxylic acids is 1. The van der Waals surface area contributed by atoms with Gasteiger partial charge in [0.15, 0.2) is 0 Å². The Balaban J connectivity index is 0.00000242. The number of nitrogens with two attached hydrogens (primary N) is 1. The van der Waals surface area contributed by atoms with Gasteiger partial charge in [0.05, 0.1) is 6.10 Å². The summed E-state index contributed by atoms with van der Waals surface area (Å²) < 4.78 is 5.90. The summed E-state index contributed by atoms with van der Waals surface area (Å²) in [5.41, 5.74) is 6.91. The lowest BCUT2D eigenvalue weighted by Crippen LogP contribution is -2.62. The van der Waals surface area contributed by atoms with E-state index in [1.807, 2.05) is 0 Å². The summed E-state index contributed by atoms with van der Waals surface area (Å²) in [6.45, 7) is 7.26. The number of nitrogens with one attached hydrogen (secondary N) is 1. The summed E-state index contributed by atoms with van der Waals surface area (Å²) >= 11 is 0. The van der Waals surface area contributed by atoms with Crippen molar-refractivity contribution < 1.29 is 9.53 Å². The lowest BCUT2D eigenvalue weighted by atomic mass is 9.64. The molecule has 1 aromatic rings. The number of unbranched alkanes of at least 4 members (excludes halogenated alkanes) is 1. The topological polar surface area (TPSA) is 64.3 Å². The van der Waals surface area contributed by atoms with Gasteiger partial charge in [-0.2, -0.15) is 0 Å². The van der Waals surface area contributed by atoms with Crippen molar-refractivity contribution in [1.82, 2.24) is 5.32 Å². The van der Waals surface area contributed by atoms with Gasteiger partial charge in [0, 0.05) is 29.3 Å². The van der Waals surface area contributed by atoms with Gasteiger partial charge in [0.1, 0.15) is 0 Å². The van der Waals surface area contributed by atoms with E-state index in [0.29, 0.717) is 11.3 Å². The second kappa shape index (κ2) is 7.84. The predicted octanol–water partition coefficient (Wildman–Crippen LogP) is 3.40. The summed E-state index contributed by atoms with van der Waals surface area (Å²) in [5.74, 6) is -0.0626. The average molecular weight is 327 g/mol. The number of amides is 1. The van der Waals surface area contributed by atoms with E-state index in [9.17, 15) is 4.79 Å². The fourth-order valence-electron chi connectivity index (χ4n) is 2.70. The van der Waals surface area contributed by atoms with Crippen LogP contribution < -0.4 is 11.1 Å². The highest BCUT2D eigenvalue weighted by molar-refractivity contribution is 5.95. The molecule has 1 amide bonds. The first-order valence-corrected chi connectivity index (χ1v) is 7.73. The number of anilines is 1. The van der Waals surface area contributed by atoms with Gasteiger partial charge in [0.25, 0.3) is 5.91 Å². The van der Waals surface area contributed by atoms with Crippen LogP contribution in [0.5, 0.6) is 0 Å². The molecule has 1 aromatic carbocycles. The normalized spacial score (nSPS) is 22.3. The molecule has 0 spiro atoms. The maximum Gasteiger partial charge on any atom is 0.251 e. The van der Waals surface area contributed by atoms with Crippen LogP contribution in [0, 0.1) is 5.41 Å². The van der Waals surface area contributed by atoms with Crippen molar-refractivity contribution in [2.45, 2.75) is 52.2 Å². The van der Waals surface area contributed by atoms with Gasteiger partial charge in [-0.15, -0.1) is 12.4 Å². The van der Waals surface area contributed by atoms with Crippen LogP contribution in [0.2, 0.25) is 0 Å². The quantitative estimate of drug-likeness (QED) is 0.622. The van der Waals surface area contributed by atoms with E-state index >= 15 is 0 Å². The largest absolute Gasteiger partial charge is 0.399 e. The second-order valence-corrected chi connectivity index (χ2v) is 6.42. The van der Waals surface area contributed by atoms with E-state index in [4.69, 9.17) is 10.5 Å². The molecular weight excluding hydrogens is 300 g/mol. The van der Waals surface area contributed by atoms with Crippen LogP contribution in [0.4, 0.5) is 5.69 Å². The standard InChI is InChI=1S/C17H26N2O2.ClH/c1-4-5-9-21-15-11-14(17(15,2)3)19-16(20)12-7-6-8-13(18)10-12;/h6-8,10,14-15H,4-5,9,11,18H2,1-3H3,(H,19,20);1H. The fraction of sp³-hybridized carbons (Fsp3) is 0.588. The molecule has 2 atom stereocenters. The number of ether oxygens (including phenoxy) is 1. The Bertz CT molecular complexity index is 505. The lowest BCUT2D eigenvalue weighted by molar-refractivity contribution is -0.115. The fourth-order valence-corrected chi connectivity index (χ4v) is 2.70. The molecule has 1 aliphatic rings. The molecule has 5 heteroatoms. The zero-order chi connectivity index (χ0) is 15.5. The SMILES string of the molecule is CCCCOC1CC(NC(=O)c2cccc(N)c2)C1(C)C.Cl. The first kappa shape index (κ1) is 18.8. The maximum absolute atomic E-state index is 12.2. The molecule has 0 saturated heterocycles. The third-order valence-corrected chi connectivity index (χ3v) is 4.45. The molecule has 1 fully saturated rings. The highest BCUT2D eigenvalue weighted by Crippen LogP contribution is 2.43. The van der Waals surface area contributed by atoms with Crippen molar-refractivity contribution in [1.29, 1.82) is 0 Å². The van der Waals surface area contributed by atoms with E-state index < -0.39 is 0 Å². The minimum Gasteiger partial charge on any atom is -0.399 e. The van der Waals surface area contributed by atoms with E-state index in [-0.39, 0.29) is 35.9 Å². The van der Waals surface area contributed by atoms with Crippen LogP contribution >= 0.6 is 12.4 Å². The van der Waals surface area contributed by atoms with Crippen LogP contribution in [0.15, 0.2) is 24.3 Å². The number of halogens is 1. The molecule has 0 aliphatic heterocycles. The number of hydrogen-bond acceptors (Lipinski definition) is 3. The summed E-state index contributed by atoms with van der Waals surface area (Å²) in [4.78, 5) is 12.2. The summed E-state index contributed by atoms with van der Waals surface area (Å²) in [6, 6.07) is 7.22. The van der Waals surface area contributed by atoms with E-state index in [1.54, 1.807) is 24.3 Å². The summed E-state index contributed by atoms with van der Waals surface area (Å²) in [5, 5.41) is 3.10. The number of benzene rings is 1. The Hall–Kier alpha value is -1.26. The second-order valence-electron chi connectivity index (χ2n) is 6.42. The molecular formula is C17H27ClN2O2. The Morgan fingerprint density at radius 1 is 1.45 bits per heavy atom. The van der Waals surface area contributed by atoms with Crippen LogP contribution in [-0.4, -0.2) is 24.7 Å².